The van der Waals surface area contributed by atoms with E-state index in [2.05, 4.69) is 15.0 Å². The number of halogens is 3. The van der Waals surface area contributed by atoms with Gasteiger partial charge in [0.15, 0.2) is 0 Å². The van der Waals surface area contributed by atoms with Crippen molar-refractivity contribution in [2.24, 2.45) is 5.73 Å². The van der Waals surface area contributed by atoms with Crippen LogP contribution in [0.2, 0.25) is 0 Å². The zero-order chi connectivity index (χ0) is 18.2. The highest BCUT2D eigenvalue weighted by molar-refractivity contribution is 7.18. The van der Waals surface area contributed by atoms with Gasteiger partial charge in [-0.05, 0) is 18.2 Å². The van der Waals surface area contributed by atoms with Crippen molar-refractivity contribution in [3.8, 4) is 21.1 Å². The van der Waals surface area contributed by atoms with Crippen LogP contribution in [0.1, 0.15) is 16.1 Å². The molecule has 2 heterocycles. The number of amides is 1. The molecule has 0 aliphatic carbocycles. The third-order valence-electron chi connectivity index (χ3n) is 3.23. The number of nitrogen functional groups attached to an aromatic ring is 1. The predicted octanol–water partition coefficient (Wildman–Crippen LogP) is 2.97. The first-order valence-corrected chi connectivity index (χ1v) is 7.64. The summed E-state index contributed by atoms with van der Waals surface area (Å²) in [5.41, 5.74) is 10.9. The molecule has 0 aliphatic heterocycles. The SMILES string of the molecule is NC(=O)c1nc(-c2ccc(C(F)(F)F)cc2)sc1-c1ccnc(N)n1. The van der Waals surface area contributed by atoms with Gasteiger partial charge in [-0.2, -0.15) is 13.2 Å². The average molecular weight is 365 g/mol. The molecule has 128 valence electrons. The molecule has 0 spiro atoms. The lowest BCUT2D eigenvalue weighted by molar-refractivity contribution is -0.137. The molecule has 0 saturated heterocycles. The Balaban J connectivity index is 2.07. The molecule has 10 heteroatoms. The summed E-state index contributed by atoms with van der Waals surface area (Å²) in [6.07, 6.45) is -3.01. The highest BCUT2D eigenvalue weighted by Crippen LogP contribution is 2.36. The number of aromatic nitrogens is 3. The third kappa shape index (κ3) is 3.43. The van der Waals surface area contributed by atoms with Gasteiger partial charge < -0.3 is 11.5 Å². The molecule has 0 radical (unpaired) electrons. The van der Waals surface area contributed by atoms with Gasteiger partial charge in [-0.3, -0.25) is 4.79 Å². The molecule has 3 rings (SSSR count). The zero-order valence-corrected chi connectivity index (χ0v) is 13.2. The molecule has 0 bridgehead atoms. The van der Waals surface area contributed by atoms with Crippen LogP contribution in [0.5, 0.6) is 0 Å². The largest absolute Gasteiger partial charge is 0.416 e. The molecular weight excluding hydrogens is 355 g/mol. The molecule has 0 aliphatic rings. The van der Waals surface area contributed by atoms with Crippen LogP contribution >= 0.6 is 11.3 Å². The fraction of sp³-hybridized carbons (Fsp3) is 0.0667. The maximum Gasteiger partial charge on any atom is 0.416 e. The molecule has 1 aromatic carbocycles. The maximum absolute atomic E-state index is 12.7. The standard InChI is InChI=1S/C15H10F3N5OS/c16-15(17,18)8-3-1-7(2-4-8)13-23-10(12(19)24)11(25-13)9-5-6-21-14(20)22-9/h1-6H,(H2,19,24)(H2,20,21,22). The Morgan fingerprint density at radius 2 is 1.76 bits per heavy atom. The Morgan fingerprint density at radius 1 is 1.08 bits per heavy atom. The van der Waals surface area contributed by atoms with Crippen molar-refractivity contribution in [2.75, 3.05) is 5.73 Å². The molecule has 6 nitrogen and oxygen atoms in total. The van der Waals surface area contributed by atoms with Gasteiger partial charge >= 0.3 is 6.18 Å². The number of primary amides is 1. The Kier molecular flexibility index (Phi) is 4.13. The van der Waals surface area contributed by atoms with E-state index in [0.717, 1.165) is 23.5 Å². The molecular formula is C15H10F3N5OS. The van der Waals surface area contributed by atoms with Crippen molar-refractivity contribution in [1.29, 1.82) is 0 Å². The summed E-state index contributed by atoms with van der Waals surface area (Å²) in [7, 11) is 0. The number of thiazole rings is 1. The molecule has 0 fully saturated rings. The molecule has 3 aromatic rings. The highest BCUT2D eigenvalue weighted by Gasteiger charge is 2.30. The third-order valence-corrected chi connectivity index (χ3v) is 4.35. The number of hydrogen-bond donors (Lipinski definition) is 2. The number of hydrogen-bond acceptors (Lipinski definition) is 6. The van der Waals surface area contributed by atoms with Gasteiger partial charge in [-0.1, -0.05) is 12.1 Å². The maximum atomic E-state index is 12.7. The number of nitrogens with two attached hydrogens (primary N) is 2. The van der Waals surface area contributed by atoms with E-state index in [1.807, 2.05) is 0 Å². The number of rotatable bonds is 3. The van der Waals surface area contributed by atoms with E-state index >= 15 is 0 Å². The number of nitrogens with zero attached hydrogens (tertiary/aromatic N) is 3. The van der Waals surface area contributed by atoms with Crippen molar-refractivity contribution in [2.45, 2.75) is 6.18 Å². The van der Waals surface area contributed by atoms with E-state index in [9.17, 15) is 18.0 Å². The van der Waals surface area contributed by atoms with Crippen molar-refractivity contribution in [3.63, 3.8) is 0 Å². The van der Waals surface area contributed by atoms with Crippen LogP contribution in [-0.2, 0) is 6.18 Å². The average Bonchev–Trinajstić information content (AvgIpc) is 3.00. The van der Waals surface area contributed by atoms with Gasteiger partial charge in [0.2, 0.25) is 5.95 Å². The minimum Gasteiger partial charge on any atom is -0.368 e. The van der Waals surface area contributed by atoms with Crippen LogP contribution in [0.3, 0.4) is 0 Å². The van der Waals surface area contributed by atoms with Crippen molar-refractivity contribution in [3.05, 3.63) is 47.8 Å². The second-order valence-electron chi connectivity index (χ2n) is 4.94. The molecule has 1 amide bonds. The van der Waals surface area contributed by atoms with E-state index in [0.29, 0.717) is 21.1 Å². The summed E-state index contributed by atoms with van der Waals surface area (Å²) in [6, 6.07) is 5.99. The van der Waals surface area contributed by atoms with Gasteiger partial charge in [-0.25, -0.2) is 15.0 Å². The van der Waals surface area contributed by atoms with Crippen LogP contribution < -0.4 is 11.5 Å². The number of alkyl halides is 3. The fourth-order valence-electron chi connectivity index (χ4n) is 2.09. The van der Waals surface area contributed by atoms with Gasteiger partial charge in [-0.15, -0.1) is 11.3 Å². The van der Waals surface area contributed by atoms with Crippen LogP contribution in [0.25, 0.3) is 21.1 Å². The normalized spacial score (nSPS) is 11.5. The first-order chi connectivity index (χ1) is 11.8. The van der Waals surface area contributed by atoms with Crippen LogP contribution in [-0.4, -0.2) is 20.9 Å². The lowest BCUT2D eigenvalue weighted by Crippen LogP contribution is -2.12. The summed E-state index contributed by atoms with van der Waals surface area (Å²) in [5, 5.41) is 0.342. The Hall–Kier alpha value is -3.01. The van der Waals surface area contributed by atoms with E-state index in [1.165, 1.54) is 24.4 Å². The molecule has 4 N–H and O–H groups in total. The zero-order valence-electron chi connectivity index (χ0n) is 12.4. The second-order valence-corrected chi connectivity index (χ2v) is 5.94. The lowest BCUT2D eigenvalue weighted by Gasteiger charge is -2.06. The fourth-order valence-corrected chi connectivity index (χ4v) is 3.13. The van der Waals surface area contributed by atoms with Crippen molar-refractivity contribution >= 4 is 23.2 Å². The summed E-state index contributed by atoms with van der Waals surface area (Å²) >= 11 is 1.08. The quantitative estimate of drug-likeness (QED) is 0.742. The summed E-state index contributed by atoms with van der Waals surface area (Å²) < 4.78 is 38.0. The van der Waals surface area contributed by atoms with Gasteiger partial charge in [0.05, 0.1) is 16.1 Å². The number of carbonyl (C=O) groups excluding carboxylic acids is 1. The van der Waals surface area contributed by atoms with Gasteiger partial charge in [0.25, 0.3) is 5.91 Å². The summed E-state index contributed by atoms with van der Waals surface area (Å²) in [6.45, 7) is 0. The van der Waals surface area contributed by atoms with E-state index in [-0.39, 0.29) is 11.6 Å². The van der Waals surface area contributed by atoms with E-state index < -0.39 is 17.6 Å². The molecule has 2 aromatic heterocycles. The van der Waals surface area contributed by atoms with Crippen molar-refractivity contribution < 1.29 is 18.0 Å². The van der Waals surface area contributed by atoms with E-state index in [1.54, 1.807) is 0 Å². The van der Waals surface area contributed by atoms with Crippen LogP contribution in [0, 0.1) is 0 Å². The number of benzene rings is 1. The summed E-state index contributed by atoms with van der Waals surface area (Å²) in [4.78, 5) is 24.0. The molecule has 25 heavy (non-hydrogen) atoms. The monoisotopic (exact) mass is 365 g/mol. The van der Waals surface area contributed by atoms with Gasteiger partial charge in [0, 0.05) is 11.8 Å². The molecule has 0 unspecified atom stereocenters. The van der Waals surface area contributed by atoms with Gasteiger partial charge in [0.1, 0.15) is 10.7 Å². The minimum atomic E-state index is -4.43. The van der Waals surface area contributed by atoms with Crippen LogP contribution in [0.15, 0.2) is 36.5 Å². The minimum absolute atomic E-state index is 0.0115. The molecule has 0 atom stereocenters. The Bertz CT molecular complexity index is 937. The smallest absolute Gasteiger partial charge is 0.368 e. The Morgan fingerprint density at radius 3 is 2.32 bits per heavy atom. The highest BCUT2D eigenvalue weighted by atomic mass is 32.1. The molecule has 0 saturated carbocycles. The topological polar surface area (TPSA) is 108 Å². The number of carbonyl (C=O) groups is 1. The first kappa shape index (κ1) is 16.8. The van der Waals surface area contributed by atoms with Crippen molar-refractivity contribution in [1.82, 2.24) is 15.0 Å². The Labute approximate surface area is 143 Å². The van der Waals surface area contributed by atoms with Crippen LogP contribution in [0.4, 0.5) is 19.1 Å². The van der Waals surface area contributed by atoms with E-state index in [4.69, 9.17) is 11.5 Å². The first-order valence-electron chi connectivity index (χ1n) is 6.83. The predicted molar refractivity (Wildman–Crippen MR) is 86.5 cm³/mol. The summed E-state index contributed by atoms with van der Waals surface area (Å²) in [5.74, 6) is -0.765. The lowest BCUT2D eigenvalue weighted by atomic mass is 10.1. The number of anilines is 1. The second kappa shape index (κ2) is 6.13.